The number of amides is 3. The van der Waals surface area contributed by atoms with E-state index in [2.05, 4.69) is 6.07 Å². The first kappa shape index (κ1) is 19.7. The van der Waals surface area contributed by atoms with Crippen molar-refractivity contribution in [2.75, 3.05) is 39.3 Å². The average Bonchev–Trinajstić information content (AvgIpc) is 3.34. The minimum Gasteiger partial charge on any atom is -0.491 e. The van der Waals surface area contributed by atoms with E-state index in [1.165, 1.54) is 0 Å². The number of fused-ring (bicyclic) bond motifs is 1. The predicted molar refractivity (Wildman–Crippen MR) is 107 cm³/mol. The number of hydrogen-bond acceptors (Lipinski definition) is 4. The Bertz CT molecular complexity index is 788. The molecule has 0 spiro atoms. The number of likely N-dealkylation sites (tertiary alicyclic amines) is 2. The molecule has 0 atom stereocenters. The third-order valence-electron chi connectivity index (χ3n) is 6.04. The van der Waals surface area contributed by atoms with Crippen LogP contribution in [0.3, 0.4) is 0 Å². The van der Waals surface area contributed by atoms with Crippen molar-refractivity contribution in [3.8, 4) is 5.75 Å². The van der Waals surface area contributed by atoms with E-state index in [0.717, 1.165) is 49.2 Å². The van der Waals surface area contributed by atoms with Crippen molar-refractivity contribution in [2.45, 2.75) is 45.1 Å². The molecule has 4 rings (SSSR count). The van der Waals surface area contributed by atoms with Crippen molar-refractivity contribution in [3.05, 3.63) is 29.3 Å². The number of carbonyl (C=O) groups excluding carboxylic acids is 3. The van der Waals surface area contributed by atoms with Crippen LogP contribution in [0.5, 0.6) is 5.75 Å². The quantitative estimate of drug-likeness (QED) is 0.754. The Kier molecular flexibility index (Phi) is 6.02. The van der Waals surface area contributed by atoms with Crippen molar-refractivity contribution in [1.82, 2.24) is 14.7 Å². The zero-order valence-electron chi connectivity index (χ0n) is 16.9. The molecule has 0 aromatic heterocycles. The van der Waals surface area contributed by atoms with Crippen LogP contribution < -0.4 is 4.74 Å². The van der Waals surface area contributed by atoms with E-state index < -0.39 is 0 Å². The molecule has 0 bridgehead atoms. The van der Waals surface area contributed by atoms with Crippen LogP contribution in [0.25, 0.3) is 0 Å². The summed E-state index contributed by atoms with van der Waals surface area (Å²) in [5.74, 6) is 1.05. The van der Waals surface area contributed by atoms with Crippen molar-refractivity contribution in [2.24, 2.45) is 0 Å². The van der Waals surface area contributed by atoms with Gasteiger partial charge in [0.1, 0.15) is 12.4 Å². The van der Waals surface area contributed by atoms with Gasteiger partial charge in [-0.05, 0) is 37.3 Å². The molecule has 0 N–H and O–H groups in total. The second-order valence-electron chi connectivity index (χ2n) is 8.11. The number of ether oxygens (including phenoxy) is 1. The first-order valence-electron chi connectivity index (χ1n) is 10.7. The smallest absolute Gasteiger partial charge is 0.242 e. The Hall–Kier alpha value is -2.57. The highest BCUT2D eigenvalue weighted by Crippen LogP contribution is 2.25. The summed E-state index contributed by atoms with van der Waals surface area (Å²) in [5, 5.41) is 0. The highest BCUT2D eigenvalue weighted by atomic mass is 16.5. The Balaban J connectivity index is 1.38. The summed E-state index contributed by atoms with van der Waals surface area (Å²) in [6.45, 7) is 4.02. The monoisotopic (exact) mass is 399 g/mol. The van der Waals surface area contributed by atoms with Gasteiger partial charge in [-0.3, -0.25) is 14.4 Å². The van der Waals surface area contributed by atoms with Gasteiger partial charge in [-0.2, -0.15) is 0 Å². The number of rotatable bonds is 5. The summed E-state index contributed by atoms with van der Waals surface area (Å²) in [4.78, 5) is 42.2. The summed E-state index contributed by atoms with van der Waals surface area (Å²) < 4.78 is 5.83. The third kappa shape index (κ3) is 4.71. The molecule has 3 aliphatic rings. The normalized spacial score (nSPS) is 19.2. The third-order valence-corrected chi connectivity index (χ3v) is 6.04. The maximum Gasteiger partial charge on any atom is 0.242 e. The Morgan fingerprint density at radius 2 is 1.79 bits per heavy atom. The molecule has 3 aliphatic heterocycles. The summed E-state index contributed by atoms with van der Waals surface area (Å²) in [6.07, 6.45) is 4.79. The molecule has 7 nitrogen and oxygen atoms in total. The fourth-order valence-corrected chi connectivity index (χ4v) is 4.33. The molecular weight excluding hydrogens is 370 g/mol. The predicted octanol–water partition coefficient (Wildman–Crippen LogP) is 1.58. The molecular formula is C22H29N3O4. The molecule has 3 heterocycles. The van der Waals surface area contributed by atoms with Crippen LogP contribution in [0, 0.1) is 0 Å². The first-order valence-corrected chi connectivity index (χ1v) is 10.7. The molecule has 1 aromatic rings. The van der Waals surface area contributed by atoms with Gasteiger partial charge >= 0.3 is 0 Å². The standard InChI is InChI=1S/C22H29N3O4/c26-20-4-3-11-24(20)16-22(28)25-12-13-29-19-7-5-17(14-18(19)15-25)6-8-21(27)23-9-1-2-10-23/h5,7,14H,1-4,6,8-13,15-16H2. The number of nitrogens with zero attached hydrogens (tertiary/aromatic N) is 3. The lowest BCUT2D eigenvalue weighted by Crippen LogP contribution is -2.41. The van der Waals surface area contributed by atoms with E-state index in [-0.39, 0.29) is 24.3 Å². The Morgan fingerprint density at radius 3 is 2.55 bits per heavy atom. The van der Waals surface area contributed by atoms with Crippen molar-refractivity contribution < 1.29 is 19.1 Å². The van der Waals surface area contributed by atoms with Crippen LogP contribution in [-0.4, -0.2) is 71.8 Å². The highest BCUT2D eigenvalue weighted by molar-refractivity contribution is 5.86. The summed E-state index contributed by atoms with van der Waals surface area (Å²) in [6, 6.07) is 6.01. The van der Waals surface area contributed by atoms with E-state index in [0.29, 0.717) is 45.5 Å². The van der Waals surface area contributed by atoms with Gasteiger partial charge in [0.05, 0.1) is 13.1 Å². The van der Waals surface area contributed by atoms with Crippen molar-refractivity contribution >= 4 is 17.7 Å². The van der Waals surface area contributed by atoms with Crippen LogP contribution in [0.4, 0.5) is 0 Å². The topological polar surface area (TPSA) is 70.2 Å². The number of benzene rings is 1. The van der Waals surface area contributed by atoms with Gasteiger partial charge in [0.15, 0.2) is 0 Å². The molecule has 3 amide bonds. The molecule has 29 heavy (non-hydrogen) atoms. The maximum absolute atomic E-state index is 12.7. The molecule has 0 unspecified atom stereocenters. The van der Waals surface area contributed by atoms with Crippen LogP contribution in [-0.2, 0) is 27.3 Å². The van der Waals surface area contributed by atoms with E-state index in [1.54, 1.807) is 9.80 Å². The Morgan fingerprint density at radius 1 is 0.966 bits per heavy atom. The van der Waals surface area contributed by atoms with E-state index >= 15 is 0 Å². The van der Waals surface area contributed by atoms with Gasteiger partial charge < -0.3 is 19.4 Å². The second-order valence-corrected chi connectivity index (χ2v) is 8.11. The molecule has 156 valence electrons. The zero-order valence-corrected chi connectivity index (χ0v) is 16.9. The van der Waals surface area contributed by atoms with Crippen molar-refractivity contribution in [1.29, 1.82) is 0 Å². The number of carbonyl (C=O) groups is 3. The van der Waals surface area contributed by atoms with Crippen molar-refractivity contribution in [3.63, 3.8) is 0 Å². The zero-order chi connectivity index (χ0) is 20.2. The molecule has 0 radical (unpaired) electrons. The van der Waals surface area contributed by atoms with E-state index in [1.807, 2.05) is 17.0 Å². The van der Waals surface area contributed by atoms with E-state index in [9.17, 15) is 14.4 Å². The molecule has 7 heteroatoms. The minimum atomic E-state index is -0.0358. The fraction of sp³-hybridized carbons (Fsp3) is 0.591. The lowest BCUT2D eigenvalue weighted by molar-refractivity contribution is -0.138. The van der Waals surface area contributed by atoms with Gasteiger partial charge in [0.25, 0.3) is 0 Å². The van der Waals surface area contributed by atoms with Crippen LogP contribution in [0.15, 0.2) is 18.2 Å². The molecule has 0 aliphatic carbocycles. The summed E-state index contributed by atoms with van der Waals surface area (Å²) in [7, 11) is 0. The lowest BCUT2D eigenvalue weighted by Gasteiger charge is -2.23. The molecule has 2 fully saturated rings. The van der Waals surface area contributed by atoms with Crippen LogP contribution >= 0.6 is 0 Å². The van der Waals surface area contributed by atoms with Gasteiger partial charge in [-0.25, -0.2) is 0 Å². The molecule has 1 aromatic carbocycles. The lowest BCUT2D eigenvalue weighted by atomic mass is 10.0. The fourth-order valence-electron chi connectivity index (χ4n) is 4.33. The Labute approximate surface area is 171 Å². The largest absolute Gasteiger partial charge is 0.491 e. The van der Waals surface area contributed by atoms with Gasteiger partial charge in [0, 0.05) is 44.6 Å². The van der Waals surface area contributed by atoms with Gasteiger partial charge in [0.2, 0.25) is 17.7 Å². The SMILES string of the molecule is O=C(CCc1ccc2c(c1)CN(C(=O)CN1CCCC1=O)CCO2)N1CCCC1. The van der Waals surface area contributed by atoms with Crippen LogP contribution in [0.1, 0.15) is 43.2 Å². The summed E-state index contributed by atoms with van der Waals surface area (Å²) >= 11 is 0. The van der Waals surface area contributed by atoms with E-state index in [4.69, 9.17) is 4.74 Å². The molecule has 0 saturated carbocycles. The van der Waals surface area contributed by atoms with Gasteiger partial charge in [-0.1, -0.05) is 12.1 Å². The van der Waals surface area contributed by atoms with Gasteiger partial charge in [-0.15, -0.1) is 0 Å². The molecule has 2 saturated heterocycles. The first-order chi connectivity index (χ1) is 14.1. The highest BCUT2D eigenvalue weighted by Gasteiger charge is 2.26. The second kappa shape index (κ2) is 8.84. The maximum atomic E-state index is 12.7. The average molecular weight is 399 g/mol. The number of aryl methyl sites for hydroxylation is 1. The minimum absolute atomic E-state index is 0.0358. The number of hydrogen-bond donors (Lipinski definition) is 0. The van der Waals surface area contributed by atoms with Crippen LogP contribution in [0.2, 0.25) is 0 Å². The summed E-state index contributed by atoms with van der Waals surface area (Å²) in [5.41, 5.74) is 2.05.